The van der Waals surface area contributed by atoms with Gasteiger partial charge in [-0.25, -0.2) is 8.78 Å². The minimum absolute atomic E-state index is 0.134. The van der Waals surface area contributed by atoms with Crippen molar-refractivity contribution in [2.75, 3.05) is 0 Å². The van der Waals surface area contributed by atoms with Crippen LogP contribution in [0.15, 0.2) is 0 Å². The molecule has 0 radical (unpaired) electrons. The van der Waals surface area contributed by atoms with Crippen molar-refractivity contribution in [1.82, 2.24) is 5.32 Å². The predicted octanol–water partition coefficient (Wildman–Crippen LogP) is 2.09. The Morgan fingerprint density at radius 1 is 1.46 bits per heavy atom. The molecule has 1 saturated carbocycles. The Kier molecular flexibility index (Phi) is 3.22. The Balaban J connectivity index is 2.24. The Morgan fingerprint density at radius 2 is 2.00 bits per heavy atom. The molecule has 4 heteroatoms. The number of nitrogens with one attached hydrogen (secondary N) is 1. The Labute approximate surface area is 76.7 Å². The minimum Gasteiger partial charge on any atom is -0.353 e. The molecule has 76 valence electrons. The van der Waals surface area contributed by atoms with Gasteiger partial charge in [0.2, 0.25) is 5.91 Å². The van der Waals surface area contributed by atoms with Crippen molar-refractivity contribution in [3.05, 3.63) is 0 Å². The second-order valence-electron chi connectivity index (χ2n) is 3.80. The van der Waals surface area contributed by atoms with Gasteiger partial charge in [-0.3, -0.25) is 4.79 Å². The highest BCUT2D eigenvalue weighted by molar-refractivity contribution is 5.77. The molecule has 1 amide bonds. The molecule has 0 unspecified atom stereocenters. The molecule has 1 N–H and O–H groups in total. The fourth-order valence-electron chi connectivity index (χ4n) is 1.63. The van der Waals surface area contributed by atoms with Crippen molar-refractivity contribution in [1.29, 1.82) is 0 Å². The third-order valence-electron chi connectivity index (χ3n) is 2.19. The topological polar surface area (TPSA) is 29.1 Å². The van der Waals surface area contributed by atoms with Crippen molar-refractivity contribution < 1.29 is 13.6 Å². The Morgan fingerprint density at radius 3 is 2.46 bits per heavy atom. The van der Waals surface area contributed by atoms with Crippen LogP contribution in [0.3, 0.4) is 0 Å². The molecule has 0 aromatic rings. The van der Waals surface area contributed by atoms with Crippen molar-refractivity contribution in [3.63, 3.8) is 0 Å². The van der Waals surface area contributed by atoms with Gasteiger partial charge < -0.3 is 5.32 Å². The van der Waals surface area contributed by atoms with Crippen LogP contribution < -0.4 is 5.32 Å². The number of halogens is 2. The molecule has 0 atom stereocenters. The van der Waals surface area contributed by atoms with Crippen LogP contribution in [-0.2, 0) is 4.79 Å². The summed E-state index contributed by atoms with van der Waals surface area (Å²) in [5, 5.41) is 2.62. The maximum atomic E-state index is 12.4. The first-order valence-electron chi connectivity index (χ1n) is 4.64. The van der Waals surface area contributed by atoms with Gasteiger partial charge >= 0.3 is 0 Å². The van der Waals surface area contributed by atoms with Crippen LogP contribution in [0.2, 0.25) is 0 Å². The van der Waals surface area contributed by atoms with Crippen molar-refractivity contribution >= 4 is 5.91 Å². The first kappa shape index (κ1) is 10.4. The number of rotatable bonds is 3. The van der Waals surface area contributed by atoms with Gasteiger partial charge in [-0.2, -0.15) is 0 Å². The second kappa shape index (κ2) is 4.03. The van der Waals surface area contributed by atoms with Gasteiger partial charge in [-0.05, 0) is 19.8 Å². The van der Waals surface area contributed by atoms with E-state index in [0.717, 1.165) is 32.6 Å². The first-order chi connectivity index (χ1) is 5.97. The maximum Gasteiger partial charge on any atom is 0.254 e. The molecular weight excluding hydrogens is 176 g/mol. The van der Waals surface area contributed by atoms with E-state index < -0.39 is 18.3 Å². The highest BCUT2D eigenvalue weighted by Gasteiger charge is 2.27. The van der Waals surface area contributed by atoms with Gasteiger partial charge in [0.25, 0.3) is 5.92 Å². The van der Waals surface area contributed by atoms with Crippen molar-refractivity contribution in [2.24, 2.45) is 0 Å². The van der Waals surface area contributed by atoms with E-state index in [1.54, 1.807) is 0 Å². The number of amides is 1. The quantitative estimate of drug-likeness (QED) is 0.727. The molecular formula is C9H15F2NO. The van der Waals surface area contributed by atoms with E-state index in [0.29, 0.717) is 0 Å². The molecule has 0 bridgehead atoms. The van der Waals surface area contributed by atoms with Crippen LogP contribution in [0.4, 0.5) is 8.78 Å². The van der Waals surface area contributed by atoms with Crippen molar-refractivity contribution in [3.8, 4) is 0 Å². The molecule has 1 aliphatic rings. The fraction of sp³-hybridized carbons (Fsp3) is 0.889. The third-order valence-corrected chi connectivity index (χ3v) is 2.19. The van der Waals surface area contributed by atoms with E-state index in [1.807, 2.05) is 0 Å². The van der Waals surface area contributed by atoms with Crippen LogP contribution in [0, 0.1) is 0 Å². The molecule has 0 spiro atoms. The van der Waals surface area contributed by atoms with E-state index in [2.05, 4.69) is 5.32 Å². The monoisotopic (exact) mass is 191 g/mol. The summed E-state index contributed by atoms with van der Waals surface area (Å²) in [5.74, 6) is -3.41. The van der Waals surface area contributed by atoms with Gasteiger partial charge in [0.15, 0.2) is 0 Å². The lowest BCUT2D eigenvalue weighted by molar-refractivity contribution is -0.127. The number of hydrogen-bond donors (Lipinski definition) is 1. The molecule has 13 heavy (non-hydrogen) atoms. The average molecular weight is 191 g/mol. The first-order valence-corrected chi connectivity index (χ1v) is 4.64. The summed E-state index contributed by atoms with van der Waals surface area (Å²) in [6, 6.07) is 0.134. The summed E-state index contributed by atoms with van der Waals surface area (Å²) in [7, 11) is 0. The lowest BCUT2D eigenvalue weighted by atomic mass is 10.2. The van der Waals surface area contributed by atoms with Gasteiger partial charge in [-0.1, -0.05) is 12.8 Å². The van der Waals surface area contributed by atoms with Crippen LogP contribution in [0.5, 0.6) is 0 Å². The van der Waals surface area contributed by atoms with E-state index in [1.165, 1.54) is 0 Å². The standard InChI is InChI=1S/C9H15F2NO/c1-9(10,11)6-8(13)12-7-4-2-3-5-7/h7H,2-6H2,1H3,(H,12,13). The molecule has 0 aliphatic heterocycles. The summed E-state index contributed by atoms with van der Waals surface area (Å²) < 4.78 is 24.8. The molecule has 1 aliphatic carbocycles. The zero-order valence-corrected chi connectivity index (χ0v) is 7.78. The molecule has 1 fully saturated rings. The Hall–Kier alpha value is -0.670. The fourth-order valence-corrected chi connectivity index (χ4v) is 1.63. The highest BCUT2D eigenvalue weighted by Crippen LogP contribution is 2.20. The summed E-state index contributed by atoms with van der Waals surface area (Å²) in [6.45, 7) is 0.765. The van der Waals surface area contributed by atoms with Crippen LogP contribution in [0.1, 0.15) is 39.0 Å². The predicted molar refractivity (Wildman–Crippen MR) is 45.6 cm³/mol. The normalized spacial score (nSPS) is 19.0. The smallest absolute Gasteiger partial charge is 0.254 e. The van der Waals surface area contributed by atoms with E-state index in [4.69, 9.17) is 0 Å². The molecule has 0 saturated heterocycles. The molecule has 0 aromatic carbocycles. The zero-order valence-electron chi connectivity index (χ0n) is 7.78. The number of carbonyl (C=O) groups is 1. The van der Waals surface area contributed by atoms with Crippen LogP contribution in [-0.4, -0.2) is 17.9 Å². The van der Waals surface area contributed by atoms with Gasteiger partial charge in [-0.15, -0.1) is 0 Å². The number of alkyl halides is 2. The van der Waals surface area contributed by atoms with Gasteiger partial charge in [0.05, 0.1) is 6.42 Å². The van der Waals surface area contributed by atoms with E-state index >= 15 is 0 Å². The zero-order chi connectivity index (χ0) is 9.90. The highest BCUT2D eigenvalue weighted by atomic mass is 19.3. The third kappa shape index (κ3) is 4.20. The van der Waals surface area contributed by atoms with Crippen molar-refractivity contribution in [2.45, 2.75) is 51.0 Å². The summed E-state index contributed by atoms with van der Waals surface area (Å²) >= 11 is 0. The Bertz CT molecular complexity index is 183. The van der Waals surface area contributed by atoms with E-state index in [9.17, 15) is 13.6 Å². The minimum atomic E-state index is -2.89. The SMILES string of the molecule is CC(F)(F)CC(=O)NC1CCCC1. The molecule has 0 aromatic heterocycles. The molecule has 1 rings (SSSR count). The van der Waals surface area contributed by atoms with Crippen LogP contribution in [0.25, 0.3) is 0 Å². The molecule has 0 heterocycles. The van der Waals surface area contributed by atoms with E-state index in [-0.39, 0.29) is 6.04 Å². The largest absolute Gasteiger partial charge is 0.353 e. The summed E-state index contributed by atoms with van der Waals surface area (Å²) in [5.41, 5.74) is 0. The molecule has 2 nitrogen and oxygen atoms in total. The van der Waals surface area contributed by atoms with Gasteiger partial charge in [0.1, 0.15) is 0 Å². The van der Waals surface area contributed by atoms with Crippen LogP contribution >= 0.6 is 0 Å². The lowest BCUT2D eigenvalue weighted by Crippen LogP contribution is -2.35. The lowest BCUT2D eigenvalue weighted by Gasteiger charge is -2.14. The maximum absolute atomic E-state index is 12.4. The van der Waals surface area contributed by atoms with Gasteiger partial charge in [0, 0.05) is 6.04 Å². The summed E-state index contributed by atoms with van der Waals surface area (Å²) in [6.07, 6.45) is 3.35. The average Bonchev–Trinajstić information content (AvgIpc) is 2.34. The second-order valence-corrected chi connectivity index (χ2v) is 3.80. The summed E-state index contributed by atoms with van der Waals surface area (Å²) in [4.78, 5) is 11.0. The number of hydrogen-bond acceptors (Lipinski definition) is 1. The number of carbonyl (C=O) groups excluding carboxylic acids is 1.